The minimum absolute atomic E-state index is 0.0913. The van der Waals surface area contributed by atoms with E-state index in [4.69, 9.17) is 5.73 Å². The molecular weight excluding hydrogens is 398 g/mol. The van der Waals surface area contributed by atoms with Crippen LogP contribution in [0.3, 0.4) is 0 Å². The lowest BCUT2D eigenvalue weighted by Crippen LogP contribution is -2.58. The summed E-state index contributed by atoms with van der Waals surface area (Å²) >= 11 is 1.32. The molecular formula is C22H23N5O2S. The van der Waals surface area contributed by atoms with Crippen LogP contribution in [0.5, 0.6) is 0 Å². The van der Waals surface area contributed by atoms with Gasteiger partial charge in [0.2, 0.25) is 11.8 Å². The van der Waals surface area contributed by atoms with Gasteiger partial charge in [-0.1, -0.05) is 12.1 Å². The number of nitrogens with zero attached hydrogens (tertiary/aromatic N) is 4. The molecule has 0 saturated carbocycles. The highest BCUT2D eigenvalue weighted by atomic mass is 32.1. The normalized spacial score (nSPS) is 25.6. The molecule has 30 heavy (non-hydrogen) atoms. The number of guanidine groups is 1. The Morgan fingerprint density at radius 1 is 1.17 bits per heavy atom. The summed E-state index contributed by atoms with van der Waals surface area (Å²) in [5.41, 5.74) is 6.38. The van der Waals surface area contributed by atoms with Crippen LogP contribution >= 0.6 is 11.3 Å². The zero-order chi connectivity index (χ0) is 21.8. The maximum Gasteiger partial charge on any atom is 0.239 e. The lowest BCUT2D eigenvalue weighted by molar-refractivity contribution is -0.133. The average molecular weight is 422 g/mol. The third kappa shape index (κ3) is 2.89. The Kier molecular flexibility index (Phi) is 4.47. The summed E-state index contributed by atoms with van der Waals surface area (Å²) in [6.07, 6.45) is 0. The quantitative estimate of drug-likeness (QED) is 0.770. The number of benzene rings is 1. The van der Waals surface area contributed by atoms with E-state index < -0.39 is 11.5 Å². The van der Waals surface area contributed by atoms with Gasteiger partial charge in [0.15, 0.2) is 5.96 Å². The molecule has 0 aliphatic carbocycles. The van der Waals surface area contributed by atoms with Gasteiger partial charge in [0.1, 0.15) is 16.5 Å². The number of β-lactam (4-membered cyclic amide) rings is 1. The highest BCUT2D eigenvalue weighted by Gasteiger charge is 2.48. The van der Waals surface area contributed by atoms with Crippen LogP contribution in [0.1, 0.15) is 42.0 Å². The Hall–Kier alpha value is -3.18. The van der Waals surface area contributed by atoms with Crippen LogP contribution in [0.2, 0.25) is 0 Å². The molecule has 2 aliphatic rings. The van der Waals surface area contributed by atoms with Crippen LogP contribution in [-0.4, -0.2) is 36.3 Å². The number of anilines is 1. The molecule has 0 spiro atoms. The molecule has 0 bridgehead atoms. The minimum Gasteiger partial charge on any atom is -0.369 e. The first kappa shape index (κ1) is 20.1. The van der Waals surface area contributed by atoms with Crippen molar-refractivity contribution in [2.24, 2.45) is 16.1 Å². The van der Waals surface area contributed by atoms with Crippen LogP contribution in [0.15, 0.2) is 41.4 Å². The topological polar surface area (TPSA) is 103 Å². The van der Waals surface area contributed by atoms with Gasteiger partial charge >= 0.3 is 0 Å². The van der Waals surface area contributed by atoms with E-state index in [9.17, 15) is 14.9 Å². The Balaban J connectivity index is 1.74. The third-order valence-electron chi connectivity index (χ3n) is 5.96. The summed E-state index contributed by atoms with van der Waals surface area (Å²) < 4.78 is 0. The Morgan fingerprint density at radius 3 is 2.37 bits per heavy atom. The molecule has 1 saturated heterocycles. The molecule has 2 aliphatic heterocycles. The van der Waals surface area contributed by atoms with Gasteiger partial charge in [-0.3, -0.25) is 14.5 Å². The molecule has 1 aromatic carbocycles. The van der Waals surface area contributed by atoms with E-state index in [2.05, 4.69) is 11.1 Å². The molecule has 3 heterocycles. The van der Waals surface area contributed by atoms with Crippen LogP contribution < -0.4 is 10.6 Å². The largest absolute Gasteiger partial charge is 0.369 e. The monoisotopic (exact) mass is 421 g/mol. The molecule has 0 radical (unpaired) electrons. The van der Waals surface area contributed by atoms with Crippen molar-refractivity contribution >= 4 is 34.8 Å². The molecule has 4 rings (SSSR count). The van der Waals surface area contributed by atoms with Gasteiger partial charge in [0.05, 0.1) is 11.3 Å². The molecule has 2 aromatic rings. The highest BCUT2D eigenvalue weighted by Crippen LogP contribution is 2.46. The molecule has 2 N–H and O–H groups in total. The van der Waals surface area contributed by atoms with Crippen molar-refractivity contribution in [3.8, 4) is 6.07 Å². The van der Waals surface area contributed by atoms with E-state index in [-0.39, 0.29) is 23.2 Å². The maximum absolute atomic E-state index is 13.3. The van der Waals surface area contributed by atoms with Crippen molar-refractivity contribution in [2.75, 3.05) is 18.5 Å². The van der Waals surface area contributed by atoms with E-state index in [1.165, 1.54) is 16.2 Å². The Bertz CT molecular complexity index is 1110. The van der Waals surface area contributed by atoms with Crippen molar-refractivity contribution in [3.63, 3.8) is 0 Å². The summed E-state index contributed by atoms with van der Waals surface area (Å²) in [7, 11) is 1.61. The van der Waals surface area contributed by atoms with Crippen molar-refractivity contribution < 1.29 is 9.59 Å². The summed E-state index contributed by atoms with van der Waals surface area (Å²) in [5, 5.41) is 9.22. The number of rotatable bonds is 3. The molecule has 154 valence electrons. The van der Waals surface area contributed by atoms with Gasteiger partial charge in [-0.15, -0.1) is 11.3 Å². The number of carbonyl (C=O) groups excluding carboxylic acids is 2. The van der Waals surface area contributed by atoms with E-state index in [1.54, 1.807) is 18.0 Å². The minimum atomic E-state index is -0.927. The number of thiophene rings is 1. The second-order valence-electron chi connectivity index (χ2n) is 8.59. The summed E-state index contributed by atoms with van der Waals surface area (Å²) in [6, 6.07) is 13.2. The van der Waals surface area contributed by atoms with Crippen LogP contribution in [0.4, 0.5) is 5.69 Å². The molecule has 8 heteroatoms. The molecule has 2 amide bonds. The smallest absolute Gasteiger partial charge is 0.239 e. The third-order valence-corrected chi connectivity index (χ3v) is 7.18. The lowest BCUT2D eigenvalue weighted by atomic mass is 9.77. The van der Waals surface area contributed by atoms with E-state index in [0.717, 1.165) is 16.1 Å². The van der Waals surface area contributed by atoms with Crippen molar-refractivity contribution in [1.82, 2.24) is 4.90 Å². The number of carbonyl (C=O) groups is 2. The van der Waals surface area contributed by atoms with Gasteiger partial charge in [-0.05, 0) is 50.6 Å². The first-order chi connectivity index (χ1) is 14.1. The molecule has 2 atom stereocenters. The number of nitriles is 1. The zero-order valence-electron chi connectivity index (χ0n) is 17.3. The van der Waals surface area contributed by atoms with Gasteiger partial charge in [0, 0.05) is 24.2 Å². The number of aliphatic imine (C=N–C) groups is 1. The Morgan fingerprint density at radius 2 is 1.83 bits per heavy atom. The van der Waals surface area contributed by atoms with Crippen LogP contribution in [-0.2, 0) is 15.1 Å². The van der Waals surface area contributed by atoms with Gasteiger partial charge in [-0.25, -0.2) is 4.99 Å². The predicted molar refractivity (Wildman–Crippen MR) is 116 cm³/mol. The first-order valence-corrected chi connectivity index (χ1v) is 10.5. The Labute approximate surface area is 179 Å². The summed E-state index contributed by atoms with van der Waals surface area (Å²) in [4.78, 5) is 34.7. The number of hydrogen-bond acceptors (Lipinski definition) is 6. The fraction of sp³-hybridized carbons (Fsp3) is 0.364. The van der Waals surface area contributed by atoms with E-state index in [1.807, 2.05) is 51.1 Å². The average Bonchev–Trinajstić information content (AvgIpc) is 3.21. The zero-order valence-corrected chi connectivity index (χ0v) is 18.2. The molecule has 7 nitrogen and oxygen atoms in total. The lowest BCUT2D eigenvalue weighted by Gasteiger charge is -2.44. The SMILES string of the molecule is CN1C(=O)C(c2ccc(N3CC(C)(C)C3=O)cc2)[C@@](C)(c2ccc(C#N)s2)N=C1N. The second-order valence-corrected chi connectivity index (χ2v) is 9.67. The standard InChI is InChI=1S/C22H23N5O2S/c1-21(2)12-27(19(21)29)14-7-5-13(6-8-14)17-18(28)26(4)20(24)25-22(17,3)16-10-9-15(11-23)30-16/h5-10,17H,12H2,1-4H3,(H2,24,25)/t17?,22-/m1/s1. The van der Waals surface area contributed by atoms with Gasteiger partial charge in [0.25, 0.3) is 0 Å². The maximum atomic E-state index is 13.3. The van der Waals surface area contributed by atoms with E-state index >= 15 is 0 Å². The van der Waals surface area contributed by atoms with Crippen molar-refractivity contribution in [2.45, 2.75) is 32.2 Å². The van der Waals surface area contributed by atoms with Gasteiger partial charge in [-0.2, -0.15) is 5.26 Å². The van der Waals surface area contributed by atoms with Crippen molar-refractivity contribution in [1.29, 1.82) is 5.26 Å². The van der Waals surface area contributed by atoms with Crippen LogP contribution in [0.25, 0.3) is 0 Å². The first-order valence-electron chi connectivity index (χ1n) is 9.64. The molecule has 1 unspecified atom stereocenters. The number of likely N-dealkylation sites (N-methyl/N-ethyl adjacent to an activating group) is 1. The summed E-state index contributed by atoms with van der Waals surface area (Å²) in [5.74, 6) is -0.521. The van der Waals surface area contributed by atoms with Crippen molar-refractivity contribution in [3.05, 3.63) is 51.7 Å². The molecule has 1 fully saturated rings. The number of amides is 2. The summed E-state index contributed by atoms with van der Waals surface area (Å²) in [6.45, 7) is 6.40. The number of hydrogen-bond donors (Lipinski definition) is 1. The predicted octanol–water partition coefficient (Wildman–Crippen LogP) is 2.78. The fourth-order valence-corrected chi connectivity index (χ4v) is 5.05. The number of nitrogens with two attached hydrogens (primary N) is 1. The molecule has 1 aromatic heterocycles. The second kappa shape index (κ2) is 6.67. The highest BCUT2D eigenvalue weighted by molar-refractivity contribution is 7.12. The van der Waals surface area contributed by atoms with Gasteiger partial charge < -0.3 is 10.6 Å². The van der Waals surface area contributed by atoms with Crippen LogP contribution in [0, 0.1) is 16.7 Å². The fourth-order valence-electron chi connectivity index (χ4n) is 4.12. The van der Waals surface area contributed by atoms with E-state index in [0.29, 0.717) is 11.4 Å².